The standard InChI is InChI=1S/C18H25N3O2/c1-4-13(2)19-17(22)14(3)20-18(23)15-7-9-16(10-8-15)21-11-5-6-12-21/h5-10,13-14H,4,11-12H2,1-3H3,(H,19,22)(H,20,23). The van der Waals surface area contributed by atoms with Gasteiger partial charge in [0.05, 0.1) is 0 Å². The third kappa shape index (κ3) is 4.58. The lowest BCUT2D eigenvalue weighted by Crippen LogP contribution is -2.47. The average Bonchev–Trinajstić information content (AvgIpc) is 3.09. The van der Waals surface area contributed by atoms with Gasteiger partial charge in [-0.1, -0.05) is 19.1 Å². The summed E-state index contributed by atoms with van der Waals surface area (Å²) in [6.07, 6.45) is 5.11. The Hall–Kier alpha value is -2.30. The SMILES string of the molecule is CCC(C)NC(=O)C(C)NC(=O)c1ccc(N2CC=CC2)cc1. The molecule has 0 saturated heterocycles. The van der Waals surface area contributed by atoms with E-state index in [1.807, 2.05) is 26.0 Å². The van der Waals surface area contributed by atoms with Crippen molar-refractivity contribution in [1.29, 1.82) is 0 Å². The van der Waals surface area contributed by atoms with Crippen molar-refractivity contribution in [3.05, 3.63) is 42.0 Å². The molecule has 0 aromatic heterocycles. The Morgan fingerprint density at radius 1 is 1.09 bits per heavy atom. The molecule has 23 heavy (non-hydrogen) atoms. The molecular formula is C18H25N3O2. The van der Waals surface area contributed by atoms with Gasteiger partial charge in [0.1, 0.15) is 6.04 Å². The first-order valence-electron chi connectivity index (χ1n) is 8.12. The minimum absolute atomic E-state index is 0.107. The number of rotatable bonds is 6. The quantitative estimate of drug-likeness (QED) is 0.790. The lowest BCUT2D eigenvalue weighted by Gasteiger charge is -2.19. The van der Waals surface area contributed by atoms with Crippen molar-refractivity contribution in [2.45, 2.75) is 39.3 Å². The molecule has 0 fully saturated rings. The highest BCUT2D eigenvalue weighted by molar-refractivity contribution is 5.97. The predicted octanol–water partition coefficient (Wildman–Crippen LogP) is 2.10. The van der Waals surface area contributed by atoms with Gasteiger partial charge < -0.3 is 15.5 Å². The molecular weight excluding hydrogens is 290 g/mol. The van der Waals surface area contributed by atoms with Crippen LogP contribution in [0.1, 0.15) is 37.6 Å². The zero-order valence-electron chi connectivity index (χ0n) is 14.0. The topological polar surface area (TPSA) is 61.4 Å². The highest BCUT2D eigenvalue weighted by atomic mass is 16.2. The van der Waals surface area contributed by atoms with Crippen LogP contribution in [0, 0.1) is 0 Å². The molecule has 124 valence electrons. The summed E-state index contributed by atoms with van der Waals surface area (Å²) < 4.78 is 0. The van der Waals surface area contributed by atoms with E-state index < -0.39 is 6.04 Å². The molecule has 2 amide bonds. The second kappa shape index (κ2) is 7.81. The first kappa shape index (κ1) is 17.1. The van der Waals surface area contributed by atoms with Crippen LogP contribution in [-0.2, 0) is 4.79 Å². The van der Waals surface area contributed by atoms with Gasteiger partial charge in [-0.15, -0.1) is 0 Å². The molecule has 2 unspecified atom stereocenters. The number of hydrogen-bond acceptors (Lipinski definition) is 3. The van der Waals surface area contributed by atoms with Crippen LogP contribution in [-0.4, -0.2) is 37.0 Å². The molecule has 0 spiro atoms. The molecule has 2 rings (SSSR count). The van der Waals surface area contributed by atoms with E-state index in [1.165, 1.54) is 0 Å². The molecule has 1 aromatic rings. The smallest absolute Gasteiger partial charge is 0.251 e. The van der Waals surface area contributed by atoms with Crippen LogP contribution in [0.25, 0.3) is 0 Å². The van der Waals surface area contributed by atoms with Gasteiger partial charge in [-0.2, -0.15) is 0 Å². The van der Waals surface area contributed by atoms with E-state index >= 15 is 0 Å². The van der Waals surface area contributed by atoms with E-state index in [1.54, 1.807) is 19.1 Å². The lowest BCUT2D eigenvalue weighted by atomic mass is 10.1. The van der Waals surface area contributed by atoms with Gasteiger partial charge >= 0.3 is 0 Å². The van der Waals surface area contributed by atoms with Gasteiger partial charge in [-0.3, -0.25) is 9.59 Å². The molecule has 0 saturated carbocycles. The van der Waals surface area contributed by atoms with Crippen LogP contribution >= 0.6 is 0 Å². The summed E-state index contributed by atoms with van der Waals surface area (Å²) in [5, 5.41) is 5.60. The van der Waals surface area contributed by atoms with E-state index in [-0.39, 0.29) is 17.9 Å². The number of carbonyl (C=O) groups excluding carboxylic acids is 2. The van der Waals surface area contributed by atoms with Gasteiger partial charge in [0, 0.05) is 30.4 Å². The summed E-state index contributed by atoms with van der Waals surface area (Å²) in [6.45, 7) is 7.45. The molecule has 5 nitrogen and oxygen atoms in total. The zero-order chi connectivity index (χ0) is 16.8. The summed E-state index contributed by atoms with van der Waals surface area (Å²) in [5.74, 6) is -0.393. The molecule has 1 aliphatic rings. The second-order valence-electron chi connectivity index (χ2n) is 5.94. The van der Waals surface area contributed by atoms with Crippen molar-refractivity contribution >= 4 is 17.5 Å². The Kier molecular flexibility index (Phi) is 5.79. The Morgan fingerprint density at radius 2 is 1.70 bits per heavy atom. The molecule has 0 radical (unpaired) electrons. The van der Waals surface area contributed by atoms with Gasteiger partial charge in [0.15, 0.2) is 0 Å². The molecule has 1 heterocycles. The Morgan fingerprint density at radius 3 is 2.26 bits per heavy atom. The number of anilines is 1. The molecule has 0 bridgehead atoms. The molecule has 0 aliphatic carbocycles. The third-order valence-electron chi connectivity index (χ3n) is 4.05. The van der Waals surface area contributed by atoms with Crippen LogP contribution in [0.4, 0.5) is 5.69 Å². The number of carbonyl (C=O) groups is 2. The maximum absolute atomic E-state index is 12.2. The zero-order valence-corrected chi connectivity index (χ0v) is 14.0. The van der Waals surface area contributed by atoms with Crippen LogP contribution in [0.15, 0.2) is 36.4 Å². The normalized spacial score (nSPS) is 16.0. The highest BCUT2D eigenvalue weighted by Gasteiger charge is 2.18. The Labute approximate surface area is 137 Å². The van der Waals surface area contributed by atoms with E-state index in [9.17, 15) is 9.59 Å². The molecule has 5 heteroatoms. The highest BCUT2D eigenvalue weighted by Crippen LogP contribution is 2.17. The van der Waals surface area contributed by atoms with E-state index in [4.69, 9.17) is 0 Å². The molecule has 2 atom stereocenters. The van der Waals surface area contributed by atoms with Crippen LogP contribution in [0.5, 0.6) is 0 Å². The van der Waals surface area contributed by atoms with Crippen LogP contribution in [0.3, 0.4) is 0 Å². The largest absolute Gasteiger partial charge is 0.364 e. The third-order valence-corrected chi connectivity index (χ3v) is 4.05. The first-order chi connectivity index (χ1) is 11.0. The van der Waals surface area contributed by atoms with Gasteiger partial charge in [0.2, 0.25) is 5.91 Å². The second-order valence-corrected chi connectivity index (χ2v) is 5.94. The number of benzene rings is 1. The van der Waals surface area contributed by atoms with Crippen molar-refractivity contribution in [3.63, 3.8) is 0 Å². The van der Waals surface area contributed by atoms with Crippen molar-refractivity contribution < 1.29 is 9.59 Å². The minimum atomic E-state index is -0.557. The van der Waals surface area contributed by atoms with E-state index in [0.29, 0.717) is 5.56 Å². The predicted molar refractivity (Wildman–Crippen MR) is 92.6 cm³/mol. The summed E-state index contributed by atoms with van der Waals surface area (Å²) in [4.78, 5) is 26.4. The molecule has 1 aromatic carbocycles. The first-order valence-corrected chi connectivity index (χ1v) is 8.12. The average molecular weight is 315 g/mol. The fourth-order valence-corrected chi connectivity index (χ4v) is 2.33. The summed E-state index contributed by atoms with van der Waals surface area (Å²) in [5.41, 5.74) is 1.65. The number of hydrogen-bond donors (Lipinski definition) is 2. The maximum Gasteiger partial charge on any atom is 0.251 e. The number of nitrogens with one attached hydrogen (secondary N) is 2. The number of amides is 2. The van der Waals surface area contributed by atoms with E-state index in [2.05, 4.69) is 27.7 Å². The minimum Gasteiger partial charge on any atom is -0.364 e. The Bertz CT molecular complexity index is 572. The van der Waals surface area contributed by atoms with Crippen LogP contribution in [0.2, 0.25) is 0 Å². The van der Waals surface area contributed by atoms with Crippen molar-refractivity contribution in [3.8, 4) is 0 Å². The summed E-state index contributed by atoms with van der Waals surface area (Å²) >= 11 is 0. The lowest BCUT2D eigenvalue weighted by molar-refractivity contribution is -0.123. The van der Waals surface area contributed by atoms with Crippen molar-refractivity contribution in [1.82, 2.24) is 10.6 Å². The van der Waals surface area contributed by atoms with Gasteiger partial charge in [-0.05, 0) is 44.5 Å². The van der Waals surface area contributed by atoms with Crippen LogP contribution < -0.4 is 15.5 Å². The van der Waals surface area contributed by atoms with Gasteiger partial charge in [-0.25, -0.2) is 0 Å². The summed E-state index contributed by atoms with van der Waals surface area (Å²) in [7, 11) is 0. The number of nitrogens with zero attached hydrogens (tertiary/aromatic N) is 1. The fraction of sp³-hybridized carbons (Fsp3) is 0.444. The monoisotopic (exact) mass is 315 g/mol. The van der Waals surface area contributed by atoms with Crippen molar-refractivity contribution in [2.24, 2.45) is 0 Å². The van der Waals surface area contributed by atoms with Gasteiger partial charge in [0.25, 0.3) is 5.91 Å². The Balaban J connectivity index is 1.91. The maximum atomic E-state index is 12.2. The molecule has 1 aliphatic heterocycles. The summed E-state index contributed by atoms with van der Waals surface area (Å²) in [6, 6.07) is 7.01. The fourth-order valence-electron chi connectivity index (χ4n) is 2.33. The van der Waals surface area contributed by atoms with Crippen molar-refractivity contribution in [2.75, 3.05) is 18.0 Å². The van der Waals surface area contributed by atoms with E-state index in [0.717, 1.165) is 25.2 Å². The molecule has 2 N–H and O–H groups in total.